The van der Waals surface area contributed by atoms with E-state index in [4.69, 9.17) is 5.26 Å². The number of rotatable bonds is 3. The largest absolute Gasteiger partial charge is 0.343 e. The maximum absolute atomic E-state index is 13.9. The number of hydrogen-bond acceptors (Lipinski definition) is 2. The molecule has 0 aliphatic rings. The Morgan fingerprint density at radius 3 is 2.76 bits per heavy atom. The first kappa shape index (κ1) is 13.1. The van der Waals surface area contributed by atoms with Gasteiger partial charge in [-0.25, -0.2) is 4.39 Å². The minimum absolute atomic E-state index is 0.309. The highest BCUT2D eigenvalue weighted by Crippen LogP contribution is 2.20. The Labute approximate surface area is 120 Å². The number of aldehydes is 1. The molecule has 0 aliphatic heterocycles. The second kappa shape index (κ2) is 5.22. The first-order valence-electron chi connectivity index (χ1n) is 6.44. The van der Waals surface area contributed by atoms with Gasteiger partial charge in [-0.15, -0.1) is 0 Å². The van der Waals surface area contributed by atoms with Gasteiger partial charge < -0.3 is 4.57 Å². The molecule has 4 heteroatoms. The molecule has 0 fully saturated rings. The number of benzene rings is 2. The van der Waals surface area contributed by atoms with Crippen molar-refractivity contribution >= 4 is 17.2 Å². The van der Waals surface area contributed by atoms with Gasteiger partial charge in [-0.1, -0.05) is 6.07 Å². The molecule has 3 aromatic rings. The highest BCUT2D eigenvalue weighted by molar-refractivity contribution is 5.87. The van der Waals surface area contributed by atoms with Gasteiger partial charge in [0.25, 0.3) is 0 Å². The van der Waals surface area contributed by atoms with Crippen LogP contribution in [0.5, 0.6) is 0 Å². The molecule has 1 aromatic heterocycles. The Kier molecular flexibility index (Phi) is 3.25. The fourth-order valence-electron chi connectivity index (χ4n) is 2.36. The third-order valence-electron chi connectivity index (χ3n) is 3.45. The summed E-state index contributed by atoms with van der Waals surface area (Å²) in [5.74, 6) is -0.389. The van der Waals surface area contributed by atoms with Crippen molar-refractivity contribution < 1.29 is 9.18 Å². The van der Waals surface area contributed by atoms with Crippen LogP contribution >= 0.6 is 0 Å². The minimum Gasteiger partial charge on any atom is -0.343 e. The van der Waals surface area contributed by atoms with Gasteiger partial charge in [0.2, 0.25) is 0 Å². The number of carbonyl (C=O) groups excluding carboxylic acids is 1. The molecule has 2 aromatic carbocycles. The third kappa shape index (κ3) is 2.41. The van der Waals surface area contributed by atoms with Crippen LogP contribution in [0.4, 0.5) is 4.39 Å². The summed E-state index contributed by atoms with van der Waals surface area (Å²) in [5.41, 5.74) is 2.38. The Hall–Kier alpha value is -2.93. The zero-order valence-corrected chi connectivity index (χ0v) is 11.1. The van der Waals surface area contributed by atoms with Gasteiger partial charge in [0.1, 0.15) is 12.1 Å². The Bertz CT molecular complexity index is 874. The SMILES string of the molecule is N#Cc1ccc(Cn2ccc3cc(C=O)ccc32)c(F)c1. The number of nitriles is 1. The van der Waals surface area contributed by atoms with E-state index in [2.05, 4.69) is 0 Å². The summed E-state index contributed by atoms with van der Waals surface area (Å²) in [5, 5.41) is 9.69. The summed E-state index contributed by atoms with van der Waals surface area (Å²) < 4.78 is 15.8. The first-order chi connectivity index (χ1) is 10.2. The average molecular weight is 278 g/mol. The molecule has 102 valence electrons. The Morgan fingerprint density at radius 1 is 1.19 bits per heavy atom. The monoisotopic (exact) mass is 278 g/mol. The van der Waals surface area contributed by atoms with E-state index in [9.17, 15) is 9.18 Å². The van der Waals surface area contributed by atoms with E-state index in [0.717, 1.165) is 17.2 Å². The fourth-order valence-corrected chi connectivity index (χ4v) is 2.36. The summed E-state index contributed by atoms with van der Waals surface area (Å²) in [7, 11) is 0. The lowest BCUT2D eigenvalue weighted by atomic mass is 10.1. The number of halogens is 1. The van der Waals surface area contributed by atoms with Crippen molar-refractivity contribution in [1.82, 2.24) is 4.57 Å². The number of aromatic nitrogens is 1. The average Bonchev–Trinajstić information content (AvgIpc) is 2.91. The smallest absolute Gasteiger partial charge is 0.150 e. The van der Waals surface area contributed by atoms with Crippen molar-refractivity contribution in [3.05, 3.63) is 71.2 Å². The standard InChI is InChI=1S/C17H11FN2O/c18-16-8-12(9-19)1-3-15(16)10-20-6-5-14-7-13(11-21)2-4-17(14)20/h1-8,11H,10H2. The predicted molar refractivity (Wildman–Crippen MR) is 77.5 cm³/mol. The summed E-state index contributed by atoms with van der Waals surface area (Å²) in [6.45, 7) is 0.376. The molecule has 3 rings (SSSR count). The van der Waals surface area contributed by atoms with Crippen molar-refractivity contribution in [3.63, 3.8) is 0 Å². The van der Waals surface area contributed by atoms with E-state index < -0.39 is 0 Å². The number of hydrogen-bond donors (Lipinski definition) is 0. The van der Waals surface area contributed by atoms with E-state index in [1.807, 2.05) is 29.0 Å². The minimum atomic E-state index is -0.389. The van der Waals surface area contributed by atoms with Gasteiger partial charge in [-0.2, -0.15) is 5.26 Å². The highest BCUT2D eigenvalue weighted by Gasteiger charge is 2.07. The topological polar surface area (TPSA) is 45.8 Å². The van der Waals surface area contributed by atoms with Crippen molar-refractivity contribution in [2.24, 2.45) is 0 Å². The molecule has 0 saturated heterocycles. The van der Waals surface area contributed by atoms with Gasteiger partial charge in [0.05, 0.1) is 18.2 Å². The zero-order chi connectivity index (χ0) is 14.8. The van der Waals surface area contributed by atoms with Gasteiger partial charge >= 0.3 is 0 Å². The molecule has 3 nitrogen and oxygen atoms in total. The summed E-state index contributed by atoms with van der Waals surface area (Å²) >= 11 is 0. The quantitative estimate of drug-likeness (QED) is 0.688. The number of nitrogens with zero attached hydrogens (tertiary/aromatic N) is 2. The number of fused-ring (bicyclic) bond motifs is 1. The van der Waals surface area contributed by atoms with Crippen LogP contribution in [0.1, 0.15) is 21.5 Å². The molecule has 21 heavy (non-hydrogen) atoms. The molecular formula is C17H11FN2O. The fraction of sp³-hybridized carbons (Fsp3) is 0.0588. The highest BCUT2D eigenvalue weighted by atomic mass is 19.1. The molecule has 0 spiro atoms. The van der Waals surface area contributed by atoms with Gasteiger partial charge in [-0.05, 0) is 36.4 Å². The van der Waals surface area contributed by atoms with Crippen LogP contribution in [0.25, 0.3) is 10.9 Å². The lowest BCUT2D eigenvalue weighted by Gasteiger charge is -2.07. The predicted octanol–water partition coefficient (Wildman–Crippen LogP) is 3.51. The third-order valence-corrected chi connectivity index (χ3v) is 3.45. The van der Waals surface area contributed by atoms with E-state index >= 15 is 0 Å². The van der Waals surface area contributed by atoms with E-state index in [1.54, 1.807) is 24.3 Å². The molecule has 0 unspecified atom stereocenters. The normalized spacial score (nSPS) is 10.5. The first-order valence-corrected chi connectivity index (χ1v) is 6.44. The van der Waals surface area contributed by atoms with Crippen molar-refractivity contribution in [1.29, 1.82) is 5.26 Å². The second-order valence-corrected chi connectivity index (χ2v) is 4.80. The maximum Gasteiger partial charge on any atom is 0.150 e. The van der Waals surface area contributed by atoms with Crippen molar-refractivity contribution in [2.75, 3.05) is 0 Å². The molecule has 1 heterocycles. The van der Waals surface area contributed by atoms with Crippen LogP contribution in [0.15, 0.2) is 48.7 Å². The maximum atomic E-state index is 13.9. The van der Waals surface area contributed by atoms with Crippen LogP contribution in [0.3, 0.4) is 0 Å². The second-order valence-electron chi connectivity index (χ2n) is 4.80. The molecule has 0 aliphatic carbocycles. The van der Waals surface area contributed by atoms with Crippen LogP contribution in [-0.4, -0.2) is 10.9 Å². The molecule has 0 amide bonds. The van der Waals surface area contributed by atoms with Gasteiger partial charge in [-0.3, -0.25) is 4.79 Å². The number of carbonyl (C=O) groups is 1. The lowest BCUT2D eigenvalue weighted by molar-refractivity contribution is 0.112. The Morgan fingerprint density at radius 2 is 2.05 bits per heavy atom. The van der Waals surface area contributed by atoms with Crippen molar-refractivity contribution in [3.8, 4) is 6.07 Å². The van der Waals surface area contributed by atoms with Crippen LogP contribution < -0.4 is 0 Å². The molecule has 0 N–H and O–H groups in total. The van der Waals surface area contributed by atoms with E-state index in [1.165, 1.54) is 6.07 Å². The summed E-state index contributed by atoms with van der Waals surface area (Å²) in [6, 6.07) is 13.7. The molecule has 0 bridgehead atoms. The van der Waals surface area contributed by atoms with Gasteiger partial charge in [0, 0.05) is 28.2 Å². The summed E-state index contributed by atoms with van der Waals surface area (Å²) in [6.07, 6.45) is 2.66. The zero-order valence-electron chi connectivity index (χ0n) is 11.1. The molecular weight excluding hydrogens is 267 g/mol. The Balaban J connectivity index is 1.99. The molecule has 0 saturated carbocycles. The van der Waals surface area contributed by atoms with Crippen LogP contribution in [0.2, 0.25) is 0 Å². The van der Waals surface area contributed by atoms with E-state index in [0.29, 0.717) is 23.2 Å². The lowest BCUT2D eigenvalue weighted by Crippen LogP contribution is -2.01. The van der Waals surface area contributed by atoms with Crippen LogP contribution in [-0.2, 0) is 6.54 Å². The van der Waals surface area contributed by atoms with Crippen molar-refractivity contribution in [2.45, 2.75) is 6.54 Å². The van der Waals surface area contributed by atoms with Crippen LogP contribution in [0, 0.1) is 17.1 Å². The molecule has 0 radical (unpaired) electrons. The van der Waals surface area contributed by atoms with E-state index in [-0.39, 0.29) is 5.82 Å². The molecule has 0 atom stereocenters. The summed E-state index contributed by atoms with van der Waals surface area (Å²) in [4.78, 5) is 10.8. The van der Waals surface area contributed by atoms with Gasteiger partial charge in [0.15, 0.2) is 0 Å².